The van der Waals surface area contributed by atoms with Crippen molar-refractivity contribution in [3.05, 3.63) is 99.7 Å². The summed E-state index contributed by atoms with van der Waals surface area (Å²) in [5.41, 5.74) is 1.97. The van der Waals surface area contributed by atoms with Crippen LogP contribution in [0, 0.1) is 21.4 Å². The zero-order chi connectivity index (χ0) is 26.9. The predicted molar refractivity (Wildman–Crippen MR) is 141 cm³/mol. The number of carboxylic acid groups (broad SMARTS) is 1. The number of aromatic nitrogens is 3. The molecule has 190 valence electrons. The molecule has 0 bridgehead atoms. The van der Waals surface area contributed by atoms with E-state index in [-0.39, 0.29) is 28.7 Å². The average molecular weight is 511 g/mol. The van der Waals surface area contributed by atoms with Crippen LogP contribution in [0.3, 0.4) is 0 Å². The van der Waals surface area contributed by atoms with E-state index in [0.29, 0.717) is 36.6 Å². The Labute approximate surface area is 217 Å². The van der Waals surface area contributed by atoms with Crippen LogP contribution in [-0.2, 0) is 6.54 Å². The number of hydrogen-bond acceptors (Lipinski definition) is 10. The van der Waals surface area contributed by atoms with Gasteiger partial charge in [-0.15, -0.1) is 0 Å². The summed E-state index contributed by atoms with van der Waals surface area (Å²) in [6.45, 7) is 1.11. The number of nitro groups is 1. The predicted octanol–water partition coefficient (Wildman–Crippen LogP) is 4.15. The molecular formula is C26H22N8O4. The quantitative estimate of drug-likeness (QED) is 0.129. The molecule has 0 saturated heterocycles. The molecule has 2 aromatic carbocycles. The molecule has 0 fully saturated rings. The summed E-state index contributed by atoms with van der Waals surface area (Å²) >= 11 is 0. The van der Waals surface area contributed by atoms with Gasteiger partial charge in [-0.1, -0.05) is 42.5 Å². The molecule has 0 aliphatic carbocycles. The Morgan fingerprint density at radius 3 is 2.39 bits per heavy atom. The summed E-state index contributed by atoms with van der Waals surface area (Å²) in [5, 5.41) is 39.1. The van der Waals surface area contributed by atoms with E-state index in [2.05, 4.69) is 30.9 Å². The lowest BCUT2D eigenvalue weighted by molar-refractivity contribution is -0.384. The van der Waals surface area contributed by atoms with Crippen LogP contribution in [0.2, 0.25) is 0 Å². The van der Waals surface area contributed by atoms with Gasteiger partial charge in [0.1, 0.15) is 11.4 Å². The van der Waals surface area contributed by atoms with Gasteiger partial charge < -0.3 is 21.1 Å². The number of nitrogens with zero attached hydrogens (tertiary/aromatic N) is 5. The monoisotopic (exact) mass is 510 g/mol. The van der Waals surface area contributed by atoms with Crippen LogP contribution in [0.5, 0.6) is 0 Å². The summed E-state index contributed by atoms with van der Waals surface area (Å²) in [4.78, 5) is 35.3. The molecule has 4 N–H and O–H groups in total. The second-order valence-electron chi connectivity index (χ2n) is 7.96. The molecule has 0 spiro atoms. The fourth-order valence-electron chi connectivity index (χ4n) is 3.52. The van der Waals surface area contributed by atoms with Gasteiger partial charge in [0.05, 0.1) is 22.2 Å². The van der Waals surface area contributed by atoms with Crippen LogP contribution in [-0.4, -0.2) is 44.0 Å². The number of carbonyl (C=O) groups is 1. The van der Waals surface area contributed by atoms with Crippen molar-refractivity contribution in [2.45, 2.75) is 6.54 Å². The van der Waals surface area contributed by atoms with Gasteiger partial charge in [-0.25, -0.2) is 19.7 Å². The van der Waals surface area contributed by atoms with Gasteiger partial charge in [0.15, 0.2) is 0 Å². The van der Waals surface area contributed by atoms with Gasteiger partial charge >= 0.3 is 11.7 Å². The summed E-state index contributed by atoms with van der Waals surface area (Å²) < 4.78 is 0. The molecule has 0 saturated carbocycles. The number of hydrogen-bond donors (Lipinski definition) is 4. The minimum absolute atomic E-state index is 0.0657. The Hall–Kier alpha value is -5.57. The molecule has 2 heterocycles. The van der Waals surface area contributed by atoms with Gasteiger partial charge in [0.2, 0.25) is 11.8 Å². The van der Waals surface area contributed by atoms with E-state index in [4.69, 9.17) is 5.26 Å². The number of benzene rings is 2. The van der Waals surface area contributed by atoms with Crippen LogP contribution < -0.4 is 16.0 Å². The van der Waals surface area contributed by atoms with Crippen LogP contribution in [0.15, 0.2) is 72.9 Å². The topological polar surface area (TPSA) is 179 Å². The lowest BCUT2D eigenvalue weighted by Gasteiger charge is -2.11. The van der Waals surface area contributed by atoms with Crippen molar-refractivity contribution in [3.8, 4) is 17.3 Å². The van der Waals surface area contributed by atoms with E-state index in [1.54, 1.807) is 24.3 Å². The smallest absolute Gasteiger partial charge is 0.339 e. The maximum absolute atomic E-state index is 11.7. The van der Waals surface area contributed by atoms with Crippen LogP contribution >= 0.6 is 0 Å². The van der Waals surface area contributed by atoms with Crippen molar-refractivity contribution in [1.82, 2.24) is 15.0 Å². The zero-order valence-corrected chi connectivity index (χ0v) is 20.0. The summed E-state index contributed by atoms with van der Waals surface area (Å²) in [6.07, 6.45) is 1.22. The normalized spacial score (nSPS) is 10.3. The van der Waals surface area contributed by atoms with Crippen molar-refractivity contribution >= 4 is 29.2 Å². The van der Waals surface area contributed by atoms with Crippen molar-refractivity contribution in [2.75, 3.05) is 29.0 Å². The van der Waals surface area contributed by atoms with E-state index in [1.165, 1.54) is 18.3 Å². The number of pyridine rings is 1. The highest BCUT2D eigenvalue weighted by molar-refractivity contribution is 5.94. The number of nitrogens with one attached hydrogen (secondary N) is 3. The van der Waals surface area contributed by atoms with Gasteiger partial charge in [0.25, 0.3) is 0 Å². The van der Waals surface area contributed by atoms with E-state index in [1.807, 2.05) is 36.4 Å². The number of anilines is 3. The molecule has 0 radical (unpaired) electrons. The molecular weight excluding hydrogens is 488 g/mol. The van der Waals surface area contributed by atoms with E-state index in [0.717, 1.165) is 5.56 Å². The maximum Gasteiger partial charge on any atom is 0.339 e. The molecule has 0 amide bonds. The molecule has 0 unspecified atom stereocenters. The summed E-state index contributed by atoms with van der Waals surface area (Å²) in [7, 11) is 0. The Kier molecular flexibility index (Phi) is 8.00. The standard InChI is InChI=1S/C26H22N8O4/c27-14-17-6-8-19(9-7-17)23-20(25(35)36)16-31-26(33-23)29-13-12-28-22-11-10-21(34(37)38)24(32-22)30-15-18-4-2-1-3-5-18/h1-11,16H,12-13,15H2,(H,35,36)(H2,28,30,32)(H,29,31,33). The van der Waals surface area contributed by atoms with Gasteiger partial charge in [0, 0.05) is 37.5 Å². The van der Waals surface area contributed by atoms with Crippen molar-refractivity contribution in [2.24, 2.45) is 0 Å². The third-order valence-corrected chi connectivity index (χ3v) is 5.39. The second kappa shape index (κ2) is 11.9. The van der Waals surface area contributed by atoms with Gasteiger partial charge in [-0.05, 0) is 23.8 Å². The van der Waals surface area contributed by atoms with E-state index >= 15 is 0 Å². The van der Waals surface area contributed by atoms with Crippen molar-refractivity contribution < 1.29 is 14.8 Å². The molecule has 12 nitrogen and oxygen atoms in total. The molecule has 4 aromatic rings. The third-order valence-electron chi connectivity index (χ3n) is 5.39. The van der Waals surface area contributed by atoms with Crippen molar-refractivity contribution in [1.29, 1.82) is 5.26 Å². The number of rotatable bonds is 11. The van der Waals surface area contributed by atoms with Crippen LogP contribution in [0.1, 0.15) is 21.5 Å². The molecule has 4 rings (SSSR count). The molecule has 0 atom stereocenters. The fraction of sp³-hybridized carbons (Fsp3) is 0.115. The molecule has 2 aromatic heterocycles. The fourth-order valence-corrected chi connectivity index (χ4v) is 3.52. The molecule has 0 aliphatic rings. The summed E-state index contributed by atoms with van der Waals surface area (Å²) in [5.74, 6) is -0.360. The SMILES string of the molecule is N#Cc1ccc(-c2nc(NCCNc3ccc([N+](=O)[O-])c(NCc4ccccc4)n3)ncc2C(=O)O)cc1. The van der Waals surface area contributed by atoms with E-state index < -0.39 is 10.9 Å². The Bertz CT molecular complexity index is 1490. The first kappa shape index (κ1) is 25.5. The minimum Gasteiger partial charge on any atom is -0.478 e. The Morgan fingerprint density at radius 2 is 1.71 bits per heavy atom. The Balaban J connectivity index is 1.40. The largest absolute Gasteiger partial charge is 0.478 e. The first-order chi connectivity index (χ1) is 18.4. The third kappa shape index (κ3) is 6.35. The van der Waals surface area contributed by atoms with Crippen LogP contribution in [0.25, 0.3) is 11.3 Å². The second-order valence-corrected chi connectivity index (χ2v) is 7.96. The van der Waals surface area contributed by atoms with Gasteiger partial charge in [-0.2, -0.15) is 5.26 Å². The first-order valence-electron chi connectivity index (χ1n) is 11.5. The average Bonchev–Trinajstić information content (AvgIpc) is 2.94. The van der Waals surface area contributed by atoms with Crippen LogP contribution in [0.4, 0.5) is 23.3 Å². The lowest BCUT2D eigenvalue weighted by atomic mass is 10.1. The maximum atomic E-state index is 11.7. The van der Waals surface area contributed by atoms with Crippen molar-refractivity contribution in [3.63, 3.8) is 0 Å². The molecule has 12 heteroatoms. The number of carboxylic acids is 1. The zero-order valence-electron chi connectivity index (χ0n) is 20.0. The highest BCUT2D eigenvalue weighted by Crippen LogP contribution is 2.25. The lowest BCUT2D eigenvalue weighted by Crippen LogP contribution is -2.17. The van der Waals surface area contributed by atoms with Gasteiger partial charge in [-0.3, -0.25) is 10.1 Å². The molecule has 38 heavy (non-hydrogen) atoms. The Morgan fingerprint density at radius 1 is 0.974 bits per heavy atom. The number of aromatic carboxylic acids is 1. The first-order valence-corrected chi connectivity index (χ1v) is 11.5. The summed E-state index contributed by atoms with van der Waals surface area (Å²) in [6, 6.07) is 20.8. The number of nitriles is 1. The highest BCUT2D eigenvalue weighted by Gasteiger charge is 2.17. The minimum atomic E-state index is -1.17. The van der Waals surface area contributed by atoms with E-state index in [9.17, 15) is 20.0 Å². The molecule has 0 aliphatic heterocycles. The highest BCUT2D eigenvalue weighted by atomic mass is 16.6.